The van der Waals surface area contributed by atoms with Gasteiger partial charge < -0.3 is 9.73 Å². The Morgan fingerprint density at radius 1 is 1.00 bits per heavy atom. The molecule has 1 N–H and O–H groups in total. The lowest BCUT2D eigenvalue weighted by Gasteiger charge is -2.29. The molecule has 1 amide bonds. The number of amides is 1. The van der Waals surface area contributed by atoms with Crippen LogP contribution >= 0.6 is 0 Å². The van der Waals surface area contributed by atoms with Gasteiger partial charge in [0.15, 0.2) is 5.76 Å². The number of furan rings is 1. The summed E-state index contributed by atoms with van der Waals surface area (Å²) in [6, 6.07) is 14.4. The van der Waals surface area contributed by atoms with Crippen molar-refractivity contribution in [3.63, 3.8) is 0 Å². The minimum absolute atomic E-state index is 0.0989. The Labute approximate surface area is 119 Å². The summed E-state index contributed by atoms with van der Waals surface area (Å²) < 4.78 is 5.12. The third-order valence-corrected chi connectivity index (χ3v) is 4.08. The van der Waals surface area contributed by atoms with Gasteiger partial charge in [-0.1, -0.05) is 30.3 Å². The summed E-state index contributed by atoms with van der Waals surface area (Å²) in [5, 5.41) is 3.06. The van der Waals surface area contributed by atoms with E-state index in [4.69, 9.17) is 4.42 Å². The second kappa shape index (κ2) is 5.95. The van der Waals surface area contributed by atoms with Crippen LogP contribution in [0.25, 0.3) is 0 Å². The molecule has 1 heterocycles. The highest BCUT2D eigenvalue weighted by molar-refractivity contribution is 5.91. The van der Waals surface area contributed by atoms with Crippen LogP contribution in [0.3, 0.4) is 0 Å². The van der Waals surface area contributed by atoms with Crippen LogP contribution in [0.2, 0.25) is 0 Å². The molecule has 0 spiro atoms. The molecule has 3 heteroatoms. The van der Waals surface area contributed by atoms with E-state index in [0.29, 0.717) is 11.7 Å². The van der Waals surface area contributed by atoms with Crippen molar-refractivity contribution < 1.29 is 9.21 Å². The lowest BCUT2D eigenvalue weighted by molar-refractivity contribution is 0.0897. The highest BCUT2D eigenvalue weighted by atomic mass is 16.3. The number of rotatable bonds is 3. The van der Waals surface area contributed by atoms with Gasteiger partial charge in [-0.15, -0.1) is 0 Å². The minimum Gasteiger partial charge on any atom is -0.459 e. The van der Waals surface area contributed by atoms with E-state index in [9.17, 15) is 4.79 Å². The second-order valence-electron chi connectivity index (χ2n) is 5.41. The third-order valence-electron chi connectivity index (χ3n) is 4.08. The van der Waals surface area contributed by atoms with Crippen molar-refractivity contribution in [2.24, 2.45) is 0 Å². The summed E-state index contributed by atoms with van der Waals surface area (Å²) >= 11 is 0. The van der Waals surface area contributed by atoms with E-state index in [2.05, 4.69) is 35.6 Å². The largest absolute Gasteiger partial charge is 0.459 e. The average molecular weight is 269 g/mol. The first-order chi connectivity index (χ1) is 9.83. The van der Waals surface area contributed by atoms with Crippen LogP contribution < -0.4 is 5.32 Å². The lowest BCUT2D eigenvalue weighted by atomic mass is 9.82. The molecule has 1 aliphatic carbocycles. The topological polar surface area (TPSA) is 42.2 Å². The van der Waals surface area contributed by atoms with E-state index >= 15 is 0 Å². The zero-order chi connectivity index (χ0) is 13.8. The summed E-state index contributed by atoms with van der Waals surface area (Å²) in [5.41, 5.74) is 1.42. The van der Waals surface area contributed by atoms with Gasteiger partial charge >= 0.3 is 0 Å². The minimum atomic E-state index is -0.0989. The van der Waals surface area contributed by atoms with Gasteiger partial charge in [0.25, 0.3) is 5.91 Å². The van der Waals surface area contributed by atoms with Crippen molar-refractivity contribution in [3.8, 4) is 0 Å². The predicted molar refractivity (Wildman–Crippen MR) is 77.6 cm³/mol. The smallest absolute Gasteiger partial charge is 0.287 e. The van der Waals surface area contributed by atoms with Gasteiger partial charge in [0.05, 0.1) is 6.26 Å². The third kappa shape index (κ3) is 2.93. The summed E-state index contributed by atoms with van der Waals surface area (Å²) in [6.45, 7) is 0. The molecule has 20 heavy (non-hydrogen) atoms. The first-order valence-corrected chi connectivity index (χ1v) is 7.22. The number of carbonyl (C=O) groups is 1. The maximum Gasteiger partial charge on any atom is 0.287 e. The fraction of sp³-hybridized carbons (Fsp3) is 0.353. The van der Waals surface area contributed by atoms with Crippen LogP contribution in [0.4, 0.5) is 0 Å². The Hall–Kier alpha value is -2.03. The molecule has 0 radical (unpaired) electrons. The van der Waals surface area contributed by atoms with Gasteiger partial charge in [-0.3, -0.25) is 4.79 Å². The molecule has 1 aromatic heterocycles. The summed E-state index contributed by atoms with van der Waals surface area (Å²) in [6.07, 6.45) is 5.86. The van der Waals surface area contributed by atoms with Crippen molar-refractivity contribution in [2.75, 3.05) is 0 Å². The number of hydrogen-bond donors (Lipinski definition) is 1. The molecule has 1 saturated carbocycles. The van der Waals surface area contributed by atoms with Gasteiger partial charge in [-0.25, -0.2) is 0 Å². The molecule has 2 aromatic rings. The van der Waals surface area contributed by atoms with E-state index in [1.165, 1.54) is 11.8 Å². The maximum atomic E-state index is 11.9. The fourth-order valence-electron chi connectivity index (χ4n) is 2.96. The van der Waals surface area contributed by atoms with Crippen molar-refractivity contribution >= 4 is 5.91 Å². The quantitative estimate of drug-likeness (QED) is 0.922. The Kier molecular flexibility index (Phi) is 3.86. The number of hydrogen-bond acceptors (Lipinski definition) is 2. The van der Waals surface area contributed by atoms with E-state index in [0.717, 1.165) is 25.7 Å². The SMILES string of the molecule is O=C(NC1CCC(c2ccccc2)CC1)c1ccco1. The Morgan fingerprint density at radius 2 is 1.75 bits per heavy atom. The molecule has 0 saturated heterocycles. The molecule has 0 unspecified atom stereocenters. The molecule has 1 aromatic carbocycles. The first-order valence-electron chi connectivity index (χ1n) is 7.22. The Balaban J connectivity index is 1.53. The molecule has 0 aliphatic heterocycles. The van der Waals surface area contributed by atoms with Crippen LogP contribution in [-0.2, 0) is 0 Å². The molecule has 104 valence electrons. The molecule has 1 aliphatic rings. The van der Waals surface area contributed by atoms with Gasteiger partial charge in [-0.05, 0) is 49.3 Å². The highest BCUT2D eigenvalue weighted by Gasteiger charge is 2.24. The lowest BCUT2D eigenvalue weighted by Crippen LogP contribution is -2.37. The normalized spacial score (nSPS) is 22.4. The van der Waals surface area contributed by atoms with E-state index < -0.39 is 0 Å². The second-order valence-corrected chi connectivity index (χ2v) is 5.41. The van der Waals surface area contributed by atoms with Crippen molar-refractivity contribution in [1.29, 1.82) is 0 Å². The Bertz CT molecular complexity index is 540. The van der Waals surface area contributed by atoms with Crippen LogP contribution in [0.5, 0.6) is 0 Å². The average Bonchev–Trinajstić information content (AvgIpc) is 3.03. The molecular formula is C17H19NO2. The molecule has 3 rings (SSSR count). The molecule has 1 fully saturated rings. The standard InChI is InChI=1S/C17H19NO2/c19-17(16-7-4-12-20-16)18-15-10-8-14(9-11-15)13-5-2-1-3-6-13/h1-7,12,14-15H,8-11H2,(H,18,19). The van der Waals surface area contributed by atoms with Crippen LogP contribution in [-0.4, -0.2) is 11.9 Å². The fourth-order valence-corrected chi connectivity index (χ4v) is 2.96. The summed E-state index contributed by atoms with van der Waals surface area (Å²) in [4.78, 5) is 11.9. The number of carbonyl (C=O) groups excluding carboxylic acids is 1. The van der Waals surface area contributed by atoms with Gasteiger partial charge in [-0.2, -0.15) is 0 Å². The molecule has 0 bridgehead atoms. The van der Waals surface area contributed by atoms with Gasteiger partial charge in [0, 0.05) is 6.04 Å². The number of benzene rings is 1. The van der Waals surface area contributed by atoms with Crippen molar-refractivity contribution in [1.82, 2.24) is 5.32 Å². The van der Waals surface area contributed by atoms with Crippen LogP contribution in [0, 0.1) is 0 Å². The zero-order valence-electron chi connectivity index (χ0n) is 11.4. The van der Waals surface area contributed by atoms with E-state index in [1.807, 2.05) is 0 Å². The van der Waals surface area contributed by atoms with Crippen LogP contribution in [0.15, 0.2) is 53.1 Å². The number of nitrogens with one attached hydrogen (secondary N) is 1. The van der Waals surface area contributed by atoms with E-state index in [1.54, 1.807) is 12.1 Å². The first kappa shape index (κ1) is 13.0. The zero-order valence-corrected chi connectivity index (χ0v) is 11.4. The molecular weight excluding hydrogens is 250 g/mol. The summed E-state index contributed by atoms with van der Waals surface area (Å²) in [7, 11) is 0. The highest BCUT2D eigenvalue weighted by Crippen LogP contribution is 2.32. The van der Waals surface area contributed by atoms with E-state index in [-0.39, 0.29) is 11.9 Å². The van der Waals surface area contributed by atoms with Gasteiger partial charge in [0.2, 0.25) is 0 Å². The monoisotopic (exact) mass is 269 g/mol. The predicted octanol–water partition coefficient (Wildman–Crippen LogP) is 3.74. The molecule has 0 atom stereocenters. The molecule has 3 nitrogen and oxygen atoms in total. The Morgan fingerprint density at radius 3 is 2.40 bits per heavy atom. The van der Waals surface area contributed by atoms with Crippen LogP contribution in [0.1, 0.15) is 47.7 Å². The summed E-state index contributed by atoms with van der Waals surface area (Å²) in [5.74, 6) is 0.932. The van der Waals surface area contributed by atoms with Crippen molar-refractivity contribution in [3.05, 3.63) is 60.1 Å². The maximum absolute atomic E-state index is 11.9. The van der Waals surface area contributed by atoms with Crippen molar-refractivity contribution in [2.45, 2.75) is 37.6 Å². The van der Waals surface area contributed by atoms with Gasteiger partial charge in [0.1, 0.15) is 0 Å².